The zero-order chi connectivity index (χ0) is 18.0. The van der Waals surface area contributed by atoms with Gasteiger partial charge in [0.05, 0.1) is 0 Å². The number of ether oxygens (including phenoxy) is 1. The normalized spacial score (nSPS) is 14.6. The van der Waals surface area contributed by atoms with E-state index in [4.69, 9.17) is 10.5 Å². The first-order valence-electron chi connectivity index (χ1n) is 9.36. The third-order valence-corrected chi connectivity index (χ3v) is 4.53. The summed E-state index contributed by atoms with van der Waals surface area (Å²) in [7, 11) is 0. The van der Waals surface area contributed by atoms with E-state index in [-0.39, 0.29) is 24.0 Å². The van der Waals surface area contributed by atoms with Crippen LogP contribution in [0.1, 0.15) is 18.4 Å². The molecule has 3 rings (SSSR count). The molecule has 0 radical (unpaired) electrons. The Kier molecular flexibility index (Phi) is 9.41. The van der Waals surface area contributed by atoms with Gasteiger partial charge in [-0.1, -0.05) is 30.3 Å². The van der Waals surface area contributed by atoms with Gasteiger partial charge in [-0.25, -0.2) is 0 Å². The van der Waals surface area contributed by atoms with Crippen LogP contribution in [0, 0.1) is 0 Å². The molecule has 0 unspecified atom stereocenters. The number of hydrogen-bond donors (Lipinski definition) is 2. The van der Waals surface area contributed by atoms with Gasteiger partial charge >= 0.3 is 0 Å². The summed E-state index contributed by atoms with van der Waals surface area (Å²) >= 11 is 0. The Labute approximate surface area is 179 Å². The highest BCUT2D eigenvalue weighted by Crippen LogP contribution is 2.13. The number of nitrogens with two attached hydrogens (primary N) is 1. The lowest BCUT2D eigenvalue weighted by Crippen LogP contribution is -2.25. The zero-order valence-corrected chi connectivity index (χ0v) is 18.0. The van der Waals surface area contributed by atoms with Gasteiger partial charge in [-0.05, 0) is 62.2 Å². The van der Waals surface area contributed by atoms with E-state index in [1.807, 2.05) is 42.5 Å². The molecule has 2 aromatic rings. The first-order chi connectivity index (χ1) is 12.8. The van der Waals surface area contributed by atoms with Crippen molar-refractivity contribution in [1.82, 2.24) is 4.90 Å². The Bertz CT molecular complexity index is 685. The van der Waals surface area contributed by atoms with Crippen molar-refractivity contribution in [3.05, 3.63) is 60.2 Å². The standard InChI is InChI=1S/C21H28N4O.HI/c22-21(24-19-6-2-1-3-7-19)23-13-12-18-8-10-20(11-9-18)26-17-16-25-14-4-5-15-25;/h1-3,6-11H,4-5,12-17H2,(H3,22,23,24);1H. The van der Waals surface area contributed by atoms with E-state index in [0.717, 1.165) is 31.0 Å². The van der Waals surface area contributed by atoms with E-state index in [0.29, 0.717) is 12.5 Å². The molecule has 1 fully saturated rings. The molecule has 1 saturated heterocycles. The molecule has 0 atom stereocenters. The van der Waals surface area contributed by atoms with Gasteiger partial charge in [-0.3, -0.25) is 9.89 Å². The summed E-state index contributed by atoms with van der Waals surface area (Å²) in [6, 6.07) is 18.1. The third kappa shape index (κ3) is 7.76. The molecule has 2 aromatic carbocycles. The third-order valence-electron chi connectivity index (χ3n) is 4.53. The van der Waals surface area contributed by atoms with Crippen LogP contribution in [0.4, 0.5) is 5.69 Å². The van der Waals surface area contributed by atoms with E-state index in [2.05, 4.69) is 27.3 Å². The summed E-state index contributed by atoms with van der Waals surface area (Å²) in [6.07, 6.45) is 3.50. The largest absolute Gasteiger partial charge is 0.492 e. The van der Waals surface area contributed by atoms with Crippen LogP contribution in [0.25, 0.3) is 0 Å². The summed E-state index contributed by atoms with van der Waals surface area (Å²) in [4.78, 5) is 6.84. The second-order valence-electron chi connectivity index (χ2n) is 6.55. The number of nitrogens with zero attached hydrogens (tertiary/aromatic N) is 2. The van der Waals surface area contributed by atoms with Crippen molar-refractivity contribution < 1.29 is 4.74 Å². The van der Waals surface area contributed by atoms with Crippen LogP contribution in [0.2, 0.25) is 0 Å². The number of likely N-dealkylation sites (tertiary alicyclic amines) is 1. The number of guanidine groups is 1. The van der Waals surface area contributed by atoms with Crippen LogP contribution >= 0.6 is 24.0 Å². The monoisotopic (exact) mass is 480 g/mol. The van der Waals surface area contributed by atoms with Crippen molar-refractivity contribution in [2.45, 2.75) is 19.3 Å². The minimum atomic E-state index is 0. The Morgan fingerprint density at radius 3 is 2.44 bits per heavy atom. The summed E-state index contributed by atoms with van der Waals surface area (Å²) in [5.74, 6) is 1.37. The summed E-state index contributed by atoms with van der Waals surface area (Å²) in [5.41, 5.74) is 8.09. The molecule has 0 saturated carbocycles. The minimum Gasteiger partial charge on any atom is -0.492 e. The fourth-order valence-electron chi connectivity index (χ4n) is 3.07. The van der Waals surface area contributed by atoms with E-state index >= 15 is 0 Å². The highest BCUT2D eigenvalue weighted by atomic mass is 127. The van der Waals surface area contributed by atoms with E-state index in [9.17, 15) is 0 Å². The molecule has 0 spiro atoms. The van der Waals surface area contributed by atoms with Gasteiger partial charge in [-0.15, -0.1) is 24.0 Å². The number of rotatable bonds is 8. The van der Waals surface area contributed by atoms with Crippen LogP contribution in [-0.4, -0.2) is 43.6 Å². The molecule has 1 aliphatic heterocycles. The molecule has 3 N–H and O–H groups in total. The average molecular weight is 480 g/mol. The minimum absolute atomic E-state index is 0. The van der Waals surface area contributed by atoms with Crippen molar-refractivity contribution >= 4 is 35.6 Å². The summed E-state index contributed by atoms with van der Waals surface area (Å²) in [6.45, 7) is 4.85. The molecular weight excluding hydrogens is 451 g/mol. The molecule has 0 bridgehead atoms. The molecule has 1 aliphatic rings. The van der Waals surface area contributed by atoms with Crippen LogP contribution in [-0.2, 0) is 6.42 Å². The first kappa shape index (κ1) is 21.5. The number of halogens is 1. The molecule has 0 aliphatic carbocycles. The van der Waals surface area contributed by atoms with E-state index < -0.39 is 0 Å². The maximum atomic E-state index is 5.92. The second kappa shape index (κ2) is 11.8. The molecule has 0 amide bonds. The van der Waals surface area contributed by atoms with Crippen LogP contribution in [0.5, 0.6) is 5.75 Å². The lowest BCUT2D eigenvalue weighted by Gasteiger charge is -2.15. The number of para-hydroxylation sites is 1. The van der Waals surface area contributed by atoms with Crippen molar-refractivity contribution in [3.63, 3.8) is 0 Å². The van der Waals surface area contributed by atoms with E-state index in [1.165, 1.54) is 31.5 Å². The Morgan fingerprint density at radius 1 is 1.04 bits per heavy atom. The van der Waals surface area contributed by atoms with Gasteiger partial charge in [0.25, 0.3) is 0 Å². The number of anilines is 1. The number of nitrogens with one attached hydrogen (secondary N) is 1. The lowest BCUT2D eigenvalue weighted by molar-refractivity contribution is 0.238. The number of aliphatic imine (C=N–C) groups is 1. The highest BCUT2D eigenvalue weighted by molar-refractivity contribution is 14.0. The van der Waals surface area contributed by atoms with Crippen LogP contribution in [0.3, 0.4) is 0 Å². The van der Waals surface area contributed by atoms with Crippen LogP contribution in [0.15, 0.2) is 59.6 Å². The molecule has 146 valence electrons. The van der Waals surface area contributed by atoms with Gasteiger partial charge in [0.15, 0.2) is 5.96 Å². The summed E-state index contributed by atoms with van der Waals surface area (Å²) < 4.78 is 5.83. The Balaban J connectivity index is 0.00000261. The second-order valence-corrected chi connectivity index (χ2v) is 6.55. The van der Waals surface area contributed by atoms with Gasteiger partial charge in [0.2, 0.25) is 0 Å². The molecular formula is C21H29IN4O. The lowest BCUT2D eigenvalue weighted by atomic mass is 10.1. The Hall–Kier alpha value is -1.80. The SMILES string of the molecule is I.NC(=NCCc1ccc(OCCN2CCCC2)cc1)Nc1ccccc1. The van der Waals surface area contributed by atoms with Crippen molar-refractivity contribution in [2.24, 2.45) is 10.7 Å². The summed E-state index contributed by atoms with van der Waals surface area (Å²) in [5, 5.41) is 3.09. The van der Waals surface area contributed by atoms with Gasteiger partial charge in [0.1, 0.15) is 12.4 Å². The quantitative estimate of drug-likeness (QED) is 0.343. The van der Waals surface area contributed by atoms with Crippen molar-refractivity contribution in [2.75, 3.05) is 38.1 Å². The highest BCUT2D eigenvalue weighted by Gasteiger charge is 2.10. The fourth-order valence-corrected chi connectivity index (χ4v) is 3.07. The maximum Gasteiger partial charge on any atom is 0.193 e. The average Bonchev–Trinajstić information content (AvgIpc) is 3.17. The first-order valence-corrected chi connectivity index (χ1v) is 9.36. The molecule has 1 heterocycles. The smallest absolute Gasteiger partial charge is 0.193 e. The number of benzene rings is 2. The van der Waals surface area contributed by atoms with Gasteiger partial charge < -0.3 is 15.8 Å². The number of hydrogen-bond acceptors (Lipinski definition) is 3. The van der Waals surface area contributed by atoms with Gasteiger partial charge in [0, 0.05) is 18.8 Å². The maximum absolute atomic E-state index is 5.92. The van der Waals surface area contributed by atoms with Crippen molar-refractivity contribution in [3.8, 4) is 5.75 Å². The van der Waals surface area contributed by atoms with E-state index in [1.54, 1.807) is 0 Å². The zero-order valence-electron chi connectivity index (χ0n) is 15.6. The Morgan fingerprint density at radius 2 is 1.74 bits per heavy atom. The van der Waals surface area contributed by atoms with Gasteiger partial charge in [-0.2, -0.15) is 0 Å². The molecule has 6 heteroatoms. The topological polar surface area (TPSA) is 62.9 Å². The predicted molar refractivity (Wildman–Crippen MR) is 123 cm³/mol. The predicted octanol–water partition coefficient (Wildman–Crippen LogP) is 3.75. The molecule has 5 nitrogen and oxygen atoms in total. The molecule has 0 aromatic heterocycles. The fraction of sp³-hybridized carbons (Fsp3) is 0.381. The van der Waals surface area contributed by atoms with Crippen LogP contribution < -0.4 is 15.8 Å². The van der Waals surface area contributed by atoms with Crippen molar-refractivity contribution in [1.29, 1.82) is 0 Å². The molecule has 27 heavy (non-hydrogen) atoms.